The third-order valence-electron chi connectivity index (χ3n) is 3.02. The van der Waals surface area contributed by atoms with E-state index in [1.807, 2.05) is 6.07 Å². The Morgan fingerprint density at radius 3 is 2.75 bits per heavy atom. The molecule has 0 spiro atoms. The molecule has 0 unspecified atom stereocenters. The van der Waals surface area contributed by atoms with Crippen LogP contribution in [0.25, 0.3) is 11.1 Å². The van der Waals surface area contributed by atoms with Crippen LogP contribution in [0, 0.1) is 28.3 Å². The molecule has 0 bridgehead atoms. The predicted octanol–water partition coefficient (Wildman–Crippen LogP) is 2.88. The zero-order chi connectivity index (χ0) is 14.9. The maximum atomic E-state index is 9.59. The highest BCUT2D eigenvalue weighted by Crippen LogP contribution is 2.32. The van der Waals surface area contributed by atoms with Gasteiger partial charge in [-0.2, -0.15) is 5.26 Å². The summed E-state index contributed by atoms with van der Waals surface area (Å²) >= 11 is 5.15. The molecule has 0 aliphatic heterocycles. The van der Waals surface area contributed by atoms with Gasteiger partial charge in [0.15, 0.2) is 0 Å². The summed E-state index contributed by atoms with van der Waals surface area (Å²) in [4.78, 5) is 2.71. The van der Waals surface area contributed by atoms with Crippen LogP contribution in [0.2, 0.25) is 0 Å². The first-order chi connectivity index (χ1) is 9.49. The van der Waals surface area contributed by atoms with Gasteiger partial charge in [-0.25, -0.2) is 0 Å². The number of aromatic nitrogens is 1. The topological polar surface area (TPSA) is 110 Å². The number of phenols is 1. The molecule has 20 heavy (non-hydrogen) atoms. The molecule has 2 rings (SSSR count). The van der Waals surface area contributed by atoms with Gasteiger partial charge in [-0.05, 0) is 30.2 Å². The van der Waals surface area contributed by atoms with Gasteiger partial charge in [0.05, 0.1) is 0 Å². The third-order valence-corrected chi connectivity index (χ3v) is 3.35. The lowest BCUT2D eigenvalue weighted by atomic mass is 9.95. The van der Waals surface area contributed by atoms with Crippen molar-refractivity contribution in [3.63, 3.8) is 0 Å². The Bertz CT molecular complexity index is 802. The largest absolute Gasteiger partial charge is 0.508 e. The second kappa shape index (κ2) is 5.15. The molecule has 1 heterocycles. The number of phenolic OH excluding ortho intramolecular Hbond substituents is 1. The van der Waals surface area contributed by atoms with E-state index in [9.17, 15) is 10.4 Å². The van der Waals surface area contributed by atoms with E-state index in [0.717, 1.165) is 6.21 Å². The van der Waals surface area contributed by atoms with E-state index in [4.69, 9.17) is 23.4 Å². The molecule has 2 aromatic rings. The Morgan fingerprint density at radius 2 is 2.20 bits per heavy atom. The minimum atomic E-state index is 0.165. The number of hydrogen-bond acceptors (Lipinski definition) is 5. The Labute approximate surface area is 120 Å². The van der Waals surface area contributed by atoms with Crippen LogP contribution >= 0.6 is 12.2 Å². The molecule has 6 heteroatoms. The average molecular weight is 284 g/mol. The van der Waals surface area contributed by atoms with Gasteiger partial charge in [0.1, 0.15) is 27.8 Å². The normalized spacial score (nSPS) is 10.0. The number of nitrogens with one attached hydrogen (secondary N) is 2. The van der Waals surface area contributed by atoms with Gasteiger partial charge >= 0.3 is 0 Å². The van der Waals surface area contributed by atoms with Crippen molar-refractivity contribution < 1.29 is 5.11 Å². The van der Waals surface area contributed by atoms with Crippen molar-refractivity contribution in [1.82, 2.24) is 4.98 Å². The van der Waals surface area contributed by atoms with Gasteiger partial charge in [0, 0.05) is 17.3 Å². The molecule has 100 valence electrons. The first-order valence-corrected chi connectivity index (χ1v) is 6.16. The number of H-pyrrole nitrogens is 1. The van der Waals surface area contributed by atoms with Gasteiger partial charge in [-0.3, -0.25) is 0 Å². The van der Waals surface area contributed by atoms with Crippen molar-refractivity contribution in [3.8, 4) is 22.9 Å². The molecule has 0 atom stereocenters. The molecule has 0 aliphatic rings. The predicted molar refractivity (Wildman–Crippen MR) is 80.5 cm³/mol. The van der Waals surface area contributed by atoms with Crippen molar-refractivity contribution >= 4 is 24.3 Å². The Morgan fingerprint density at radius 1 is 1.50 bits per heavy atom. The molecule has 0 radical (unpaired) electrons. The van der Waals surface area contributed by atoms with E-state index in [0.29, 0.717) is 26.9 Å². The van der Waals surface area contributed by atoms with Crippen molar-refractivity contribution in [2.24, 2.45) is 0 Å². The average Bonchev–Trinajstić information content (AvgIpc) is 2.41. The molecule has 5 nitrogen and oxygen atoms in total. The van der Waals surface area contributed by atoms with E-state index >= 15 is 0 Å². The third kappa shape index (κ3) is 2.15. The molecule has 0 saturated heterocycles. The summed E-state index contributed by atoms with van der Waals surface area (Å²) in [5.41, 5.74) is 8.31. The number of nitriles is 1. The molecule has 1 aromatic carbocycles. The quantitative estimate of drug-likeness (QED) is 0.502. The number of pyridine rings is 1. The van der Waals surface area contributed by atoms with Crippen molar-refractivity contribution in [3.05, 3.63) is 39.5 Å². The summed E-state index contributed by atoms with van der Waals surface area (Å²) in [7, 11) is 0. The van der Waals surface area contributed by atoms with Crippen LogP contribution in [0.3, 0.4) is 0 Å². The van der Waals surface area contributed by atoms with Crippen LogP contribution in [0.4, 0.5) is 5.82 Å². The van der Waals surface area contributed by atoms with Crippen LogP contribution in [-0.2, 0) is 0 Å². The van der Waals surface area contributed by atoms with E-state index < -0.39 is 0 Å². The fourth-order valence-corrected chi connectivity index (χ4v) is 2.27. The SMILES string of the molecule is Cc1cc(-c2c(C#N)c(N)[nH]c(=S)c2C=N)ccc1O. The fourth-order valence-electron chi connectivity index (χ4n) is 2.00. The molecule has 0 aliphatic carbocycles. The van der Waals surface area contributed by atoms with Gasteiger partial charge in [-0.1, -0.05) is 18.3 Å². The standard InChI is InChI=1S/C14H12N4OS/c1-7-4-8(2-3-11(7)19)12-9(5-15)13(17)18-14(20)10(12)6-16/h2-4,6,16,19H,1H3,(H3,17,18,20). The fraction of sp³-hybridized carbons (Fsp3) is 0.0714. The highest BCUT2D eigenvalue weighted by molar-refractivity contribution is 7.71. The second-order valence-corrected chi connectivity index (χ2v) is 4.70. The van der Waals surface area contributed by atoms with Gasteiger partial charge in [0.2, 0.25) is 0 Å². The molecular weight excluding hydrogens is 272 g/mol. The van der Waals surface area contributed by atoms with Gasteiger partial charge in [-0.15, -0.1) is 0 Å². The number of hydrogen-bond donors (Lipinski definition) is 4. The molecule has 1 aromatic heterocycles. The van der Waals surface area contributed by atoms with E-state index in [1.54, 1.807) is 19.1 Å². The molecule has 0 saturated carbocycles. The maximum absolute atomic E-state index is 9.59. The summed E-state index contributed by atoms with van der Waals surface area (Å²) in [6.45, 7) is 1.75. The summed E-state index contributed by atoms with van der Waals surface area (Å²) in [5.74, 6) is 0.335. The van der Waals surface area contributed by atoms with Crippen molar-refractivity contribution in [2.75, 3.05) is 5.73 Å². The smallest absolute Gasteiger partial charge is 0.120 e. The Balaban J connectivity index is 2.91. The lowest BCUT2D eigenvalue weighted by Crippen LogP contribution is -2.03. The number of aromatic amines is 1. The first kappa shape index (κ1) is 13.8. The monoisotopic (exact) mass is 284 g/mol. The van der Waals surface area contributed by atoms with E-state index in [1.165, 1.54) is 6.07 Å². The maximum Gasteiger partial charge on any atom is 0.120 e. The summed E-state index contributed by atoms with van der Waals surface area (Å²) in [6.07, 6.45) is 1.09. The number of benzene rings is 1. The second-order valence-electron chi connectivity index (χ2n) is 4.29. The van der Waals surface area contributed by atoms with Crippen LogP contribution < -0.4 is 5.73 Å². The van der Waals surface area contributed by atoms with E-state index in [2.05, 4.69) is 4.98 Å². The number of anilines is 1. The lowest BCUT2D eigenvalue weighted by molar-refractivity contribution is 0.471. The van der Waals surface area contributed by atoms with Crippen LogP contribution in [0.5, 0.6) is 5.75 Å². The number of nitrogens with two attached hydrogens (primary N) is 1. The number of aromatic hydroxyl groups is 1. The van der Waals surface area contributed by atoms with Crippen LogP contribution in [-0.4, -0.2) is 16.3 Å². The highest BCUT2D eigenvalue weighted by atomic mass is 32.1. The highest BCUT2D eigenvalue weighted by Gasteiger charge is 2.15. The first-order valence-electron chi connectivity index (χ1n) is 5.76. The zero-order valence-electron chi connectivity index (χ0n) is 10.7. The number of nitrogen functional groups attached to an aromatic ring is 1. The van der Waals surface area contributed by atoms with Crippen LogP contribution in [0.15, 0.2) is 18.2 Å². The summed E-state index contributed by atoms with van der Waals surface area (Å²) < 4.78 is 0.303. The number of aryl methyl sites for hydroxylation is 1. The number of rotatable bonds is 2. The summed E-state index contributed by atoms with van der Waals surface area (Å²) in [6, 6.07) is 6.96. The Hall–Kier alpha value is -2.65. The van der Waals surface area contributed by atoms with Crippen molar-refractivity contribution in [1.29, 1.82) is 10.7 Å². The van der Waals surface area contributed by atoms with Gasteiger partial charge < -0.3 is 21.2 Å². The zero-order valence-corrected chi connectivity index (χ0v) is 11.5. The molecule has 0 fully saturated rings. The summed E-state index contributed by atoms with van der Waals surface area (Å²) in [5, 5.41) is 26.4. The molecule has 5 N–H and O–H groups in total. The van der Waals surface area contributed by atoms with Gasteiger partial charge in [0.25, 0.3) is 0 Å². The molecule has 0 amide bonds. The van der Waals surface area contributed by atoms with Crippen LogP contribution in [0.1, 0.15) is 16.7 Å². The Kier molecular flexibility index (Phi) is 3.55. The van der Waals surface area contributed by atoms with E-state index in [-0.39, 0.29) is 17.1 Å². The minimum Gasteiger partial charge on any atom is -0.508 e. The molecular formula is C14H12N4OS. The van der Waals surface area contributed by atoms with Crippen molar-refractivity contribution in [2.45, 2.75) is 6.92 Å². The minimum absolute atomic E-state index is 0.165. The number of nitrogens with zero attached hydrogens (tertiary/aromatic N) is 1. The lowest BCUT2D eigenvalue weighted by Gasteiger charge is -2.12.